The van der Waals surface area contributed by atoms with E-state index < -0.39 is 17.9 Å². The second kappa shape index (κ2) is 8.90. The highest BCUT2D eigenvalue weighted by Crippen LogP contribution is 2.27. The van der Waals surface area contributed by atoms with Crippen molar-refractivity contribution in [2.45, 2.75) is 12.5 Å². The zero-order valence-electron chi connectivity index (χ0n) is 14.7. The van der Waals surface area contributed by atoms with Crippen molar-refractivity contribution in [3.05, 3.63) is 74.3 Å². The maximum atomic E-state index is 12.7. The van der Waals surface area contributed by atoms with Gasteiger partial charge in [0.15, 0.2) is 0 Å². The zero-order valence-corrected chi connectivity index (χ0v) is 17.8. The Balaban J connectivity index is 1.93. The molecule has 0 bridgehead atoms. The Morgan fingerprint density at radius 1 is 1.14 bits per heavy atom. The highest BCUT2D eigenvalue weighted by Gasteiger charge is 2.25. The maximum Gasteiger partial charge on any atom is 0.328 e. The van der Waals surface area contributed by atoms with Gasteiger partial charge in [-0.15, -0.1) is 0 Å². The van der Waals surface area contributed by atoms with Gasteiger partial charge < -0.3 is 10.1 Å². The molecule has 3 rings (SSSR count). The number of hydrogen-bond acceptors (Lipinski definition) is 4. The minimum Gasteiger partial charge on any atom is -0.467 e. The average Bonchev–Trinajstić information content (AvgIpc) is 2.69. The molecule has 1 aromatic heterocycles. The van der Waals surface area contributed by atoms with Crippen molar-refractivity contribution in [1.82, 2.24) is 10.3 Å². The molecule has 28 heavy (non-hydrogen) atoms. The monoisotopic (exact) mass is 480 g/mol. The van der Waals surface area contributed by atoms with E-state index in [2.05, 4.69) is 26.2 Å². The number of halogens is 3. The second-order valence-electron chi connectivity index (χ2n) is 5.96. The van der Waals surface area contributed by atoms with E-state index in [1.807, 2.05) is 24.3 Å². The first kappa shape index (κ1) is 20.6. The molecule has 0 fully saturated rings. The van der Waals surface area contributed by atoms with Gasteiger partial charge in [-0.1, -0.05) is 41.4 Å². The van der Waals surface area contributed by atoms with Crippen LogP contribution in [0.5, 0.6) is 0 Å². The fourth-order valence-electron chi connectivity index (χ4n) is 2.88. The molecular weight excluding hydrogens is 467 g/mol. The minimum atomic E-state index is -0.922. The number of esters is 1. The van der Waals surface area contributed by atoms with Crippen LogP contribution in [0.3, 0.4) is 0 Å². The lowest BCUT2D eigenvalue weighted by molar-refractivity contribution is -0.142. The van der Waals surface area contributed by atoms with Crippen molar-refractivity contribution >= 4 is 61.9 Å². The van der Waals surface area contributed by atoms with Crippen LogP contribution in [-0.2, 0) is 16.0 Å². The molecule has 1 amide bonds. The van der Waals surface area contributed by atoms with Crippen molar-refractivity contribution in [1.29, 1.82) is 0 Å². The number of ether oxygens (including phenoxy) is 1. The van der Waals surface area contributed by atoms with E-state index in [4.69, 9.17) is 27.9 Å². The molecule has 0 radical (unpaired) electrons. The number of nitrogens with one attached hydrogen (secondary N) is 1. The molecule has 8 heteroatoms. The summed E-state index contributed by atoms with van der Waals surface area (Å²) in [5, 5.41) is 3.95. The molecule has 0 spiro atoms. The molecule has 1 heterocycles. The van der Waals surface area contributed by atoms with Crippen LogP contribution in [0, 0.1) is 0 Å². The molecule has 2 aromatic carbocycles. The fourth-order valence-corrected chi connectivity index (χ4v) is 3.89. The number of aromatic nitrogens is 1. The summed E-state index contributed by atoms with van der Waals surface area (Å²) in [6, 6.07) is 11.3. The van der Waals surface area contributed by atoms with Gasteiger partial charge in [0.1, 0.15) is 6.04 Å². The van der Waals surface area contributed by atoms with Crippen LogP contribution in [0.15, 0.2) is 53.1 Å². The van der Waals surface area contributed by atoms with Crippen LogP contribution in [-0.4, -0.2) is 30.0 Å². The third kappa shape index (κ3) is 4.29. The predicted octanol–water partition coefficient (Wildman–Crippen LogP) is 4.82. The number of pyridine rings is 1. The SMILES string of the molecule is COC(=O)C(Cc1ccc(Br)c2ncccc12)NC(=O)c1c(Cl)cccc1Cl. The van der Waals surface area contributed by atoms with Crippen LogP contribution >= 0.6 is 39.1 Å². The van der Waals surface area contributed by atoms with E-state index in [1.54, 1.807) is 24.4 Å². The molecule has 0 saturated carbocycles. The summed E-state index contributed by atoms with van der Waals surface area (Å²) in [6.45, 7) is 0. The van der Waals surface area contributed by atoms with Gasteiger partial charge in [0, 0.05) is 22.5 Å². The maximum absolute atomic E-state index is 12.7. The molecule has 0 aliphatic rings. The summed E-state index contributed by atoms with van der Waals surface area (Å²) < 4.78 is 5.71. The van der Waals surface area contributed by atoms with E-state index in [9.17, 15) is 9.59 Å². The largest absolute Gasteiger partial charge is 0.467 e. The van der Waals surface area contributed by atoms with Crippen LogP contribution in [0.1, 0.15) is 15.9 Å². The van der Waals surface area contributed by atoms with Gasteiger partial charge in [-0.2, -0.15) is 0 Å². The molecule has 3 aromatic rings. The Kier molecular flexibility index (Phi) is 6.54. The number of amides is 1. The van der Waals surface area contributed by atoms with Crippen LogP contribution in [0.2, 0.25) is 10.0 Å². The lowest BCUT2D eigenvalue weighted by atomic mass is 10.0. The minimum absolute atomic E-state index is 0.113. The van der Waals surface area contributed by atoms with Crippen molar-refractivity contribution in [2.75, 3.05) is 7.11 Å². The molecule has 0 aliphatic heterocycles. The quantitative estimate of drug-likeness (QED) is 0.530. The van der Waals surface area contributed by atoms with Gasteiger partial charge in [0.2, 0.25) is 0 Å². The van der Waals surface area contributed by atoms with E-state index in [-0.39, 0.29) is 22.0 Å². The number of carbonyl (C=O) groups is 2. The number of hydrogen-bond donors (Lipinski definition) is 1. The van der Waals surface area contributed by atoms with Gasteiger partial charge in [0.25, 0.3) is 5.91 Å². The number of nitrogens with zero attached hydrogens (tertiary/aromatic N) is 1. The van der Waals surface area contributed by atoms with Gasteiger partial charge in [-0.25, -0.2) is 4.79 Å². The van der Waals surface area contributed by atoms with E-state index >= 15 is 0 Å². The summed E-state index contributed by atoms with van der Waals surface area (Å²) in [4.78, 5) is 29.4. The highest BCUT2D eigenvalue weighted by molar-refractivity contribution is 9.10. The number of fused-ring (bicyclic) bond motifs is 1. The lowest BCUT2D eigenvalue weighted by Gasteiger charge is -2.18. The van der Waals surface area contributed by atoms with E-state index in [1.165, 1.54) is 7.11 Å². The fraction of sp³-hybridized carbons (Fsp3) is 0.150. The smallest absolute Gasteiger partial charge is 0.328 e. The van der Waals surface area contributed by atoms with Crippen molar-refractivity contribution in [2.24, 2.45) is 0 Å². The number of rotatable bonds is 5. The van der Waals surface area contributed by atoms with Crippen molar-refractivity contribution < 1.29 is 14.3 Å². The molecule has 1 N–H and O–H groups in total. The predicted molar refractivity (Wildman–Crippen MR) is 113 cm³/mol. The van der Waals surface area contributed by atoms with Crippen molar-refractivity contribution in [3.8, 4) is 0 Å². The first-order valence-electron chi connectivity index (χ1n) is 8.27. The molecule has 0 saturated heterocycles. The Morgan fingerprint density at radius 2 is 1.86 bits per heavy atom. The summed E-state index contributed by atoms with van der Waals surface area (Å²) in [7, 11) is 1.27. The Bertz CT molecular complexity index is 1040. The van der Waals surface area contributed by atoms with Gasteiger partial charge >= 0.3 is 5.97 Å². The normalized spacial score (nSPS) is 11.9. The van der Waals surface area contributed by atoms with E-state index in [0.717, 1.165) is 20.9 Å². The highest BCUT2D eigenvalue weighted by atomic mass is 79.9. The second-order valence-corrected chi connectivity index (χ2v) is 7.62. The molecule has 5 nitrogen and oxygen atoms in total. The van der Waals surface area contributed by atoms with Gasteiger partial charge in [-0.3, -0.25) is 9.78 Å². The topological polar surface area (TPSA) is 68.3 Å². The molecule has 1 unspecified atom stereocenters. The lowest BCUT2D eigenvalue weighted by Crippen LogP contribution is -2.43. The first-order valence-corrected chi connectivity index (χ1v) is 9.82. The number of benzene rings is 2. The molecule has 1 atom stereocenters. The van der Waals surface area contributed by atoms with Crippen LogP contribution < -0.4 is 5.32 Å². The van der Waals surface area contributed by atoms with Crippen molar-refractivity contribution in [3.63, 3.8) is 0 Å². The summed E-state index contributed by atoms with van der Waals surface area (Å²) in [6.07, 6.45) is 1.91. The van der Waals surface area contributed by atoms with Gasteiger partial charge in [0.05, 0.1) is 28.2 Å². The summed E-state index contributed by atoms with van der Waals surface area (Å²) >= 11 is 15.7. The molecule has 0 aliphatic carbocycles. The van der Waals surface area contributed by atoms with Crippen LogP contribution in [0.25, 0.3) is 10.9 Å². The third-order valence-corrected chi connectivity index (χ3v) is 5.49. The Labute approximate surface area is 180 Å². The number of carbonyl (C=O) groups excluding carboxylic acids is 2. The number of methoxy groups -OCH3 is 1. The summed E-state index contributed by atoms with van der Waals surface area (Å²) in [5.74, 6) is -1.12. The first-order chi connectivity index (χ1) is 13.4. The third-order valence-electron chi connectivity index (χ3n) is 4.22. The van der Waals surface area contributed by atoms with Gasteiger partial charge in [-0.05, 0) is 45.8 Å². The molecule has 144 valence electrons. The Morgan fingerprint density at radius 3 is 2.54 bits per heavy atom. The van der Waals surface area contributed by atoms with E-state index in [0.29, 0.717) is 0 Å². The summed E-state index contributed by atoms with van der Waals surface area (Å²) in [5.41, 5.74) is 1.72. The zero-order chi connectivity index (χ0) is 20.3. The van der Waals surface area contributed by atoms with Crippen LogP contribution in [0.4, 0.5) is 0 Å². The molecular formula is C20H15BrCl2N2O3. The standard InChI is InChI=1S/C20H15BrCl2N2O3/c1-28-20(27)16(25-19(26)17-14(22)5-2-6-15(17)23)10-11-7-8-13(21)18-12(11)4-3-9-24-18/h2-9,16H,10H2,1H3,(H,25,26). The Hall–Kier alpha value is -2.15. The average molecular weight is 482 g/mol.